The van der Waals surface area contributed by atoms with Gasteiger partial charge in [-0.3, -0.25) is 0 Å². The van der Waals surface area contributed by atoms with Crippen molar-refractivity contribution in [1.29, 1.82) is 0 Å². The van der Waals surface area contributed by atoms with Gasteiger partial charge in [-0.2, -0.15) is 0 Å². The van der Waals surface area contributed by atoms with Crippen LogP contribution in [-0.4, -0.2) is 21.5 Å². The highest BCUT2D eigenvalue weighted by Crippen LogP contribution is 2.23. The lowest BCUT2D eigenvalue weighted by molar-refractivity contribution is 0.427. The molecular weight excluding hydrogens is 401 g/mol. The van der Waals surface area contributed by atoms with Gasteiger partial charge in [0.15, 0.2) is 5.11 Å². The molecule has 0 radical (unpaired) electrons. The number of H-pyrrole nitrogens is 1. The highest BCUT2D eigenvalue weighted by Gasteiger charge is 2.15. The van der Waals surface area contributed by atoms with Crippen molar-refractivity contribution in [1.82, 2.24) is 9.88 Å². The van der Waals surface area contributed by atoms with E-state index in [-0.39, 0.29) is 5.82 Å². The lowest BCUT2D eigenvalue weighted by Gasteiger charge is -2.25. The molecule has 29 heavy (non-hydrogen) atoms. The predicted octanol–water partition coefficient (Wildman–Crippen LogP) is 6.12. The summed E-state index contributed by atoms with van der Waals surface area (Å²) in [6.45, 7) is 3.60. The van der Waals surface area contributed by atoms with Crippen molar-refractivity contribution in [2.75, 3.05) is 11.9 Å². The molecule has 0 unspecified atom stereocenters. The van der Waals surface area contributed by atoms with Gasteiger partial charge in [0.2, 0.25) is 0 Å². The minimum Gasteiger partial charge on any atom is -0.358 e. The molecule has 4 aromatic rings. The molecule has 0 bridgehead atoms. The fourth-order valence-electron chi connectivity index (χ4n) is 3.52. The van der Waals surface area contributed by atoms with Crippen molar-refractivity contribution >= 4 is 45.3 Å². The summed E-state index contributed by atoms with van der Waals surface area (Å²) in [6.07, 6.45) is 0.867. The highest BCUT2D eigenvalue weighted by atomic mass is 32.1. The number of rotatable bonds is 6. The molecule has 0 aliphatic rings. The Kier molecular flexibility index (Phi) is 5.92. The van der Waals surface area contributed by atoms with E-state index in [4.69, 9.17) is 12.2 Å². The Morgan fingerprint density at radius 3 is 2.79 bits per heavy atom. The van der Waals surface area contributed by atoms with E-state index in [0.29, 0.717) is 10.8 Å². The number of aromatic amines is 1. The van der Waals surface area contributed by atoms with E-state index in [0.717, 1.165) is 25.0 Å². The molecule has 0 amide bonds. The molecule has 6 heteroatoms. The van der Waals surface area contributed by atoms with Crippen LogP contribution in [0.15, 0.2) is 66.0 Å². The van der Waals surface area contributed by atoms with E-state index in [1.807, 2.05) is 18.2 Å². The van der Waals surface area contributed by atoms with E-state index < -0.39 is 0 Å². The summed E-state index contributed by atoms with van der Waals surface area (Å²) >= 11 is 7.40. The summed E-state index contributed by atoms with van der Waals surface area (Å²) in [7, 11) is 0. The molecule has 2 aromatic heterocycles. The highest BCUT2D eigenvalue weighted by molar-refractivity contribution is 7.80. The molecule has 2 aromatic carbocycles. The number of thiocarbonyl (C=S) groups is 1. The number of aryl methyl sites for hydroxylation is 1. The summed E-state index contributed by atoms with van der Waals surface area (Å²) < 4.78 is 13.6. The monoisotopic (exact) mass is 423 g/mol. The van der Waals surface area contributed by atoms with Gasteiger partial charge in [-0.1, -0.05) is 30.3 Å². The van der Waals surface area contributed by atoms with Gasteiger partial charge in [0.1, 0.15) is 5.82 Å². The van der Waals surface area contributed by atoms with Gasteiger partial charge in [0, 0.05) is 33.7 Å². The average Bonchev–Trinajstić information content (AvgIpc) is 3.32. The number of hydrogen-bond acceptors (Lipinski definition) is 2. The molecule has 0 atom stereocenters. The van der Waals surface area contributed by atoms with Crippen LogP contribution in [0.4, 0.5) is 10.1 Å². The molecule has 0 spiro atoms. The number of hydrogen-bond donors (Lipinski definition) is 2. The van der Waals surface area contributed by atoms with Crippen LogP contribution in [0.5, 0.6) is 0 Å². The Morgan fingerprint density at radius 2 is 2.00 bits per heavy atom. The molecule has 4 rings (SSSR count). The van der Waals surface area contributed by atoms with Gasteiger partial charge >= 0.3 is 0 Å². The second kappa shape index (κ2) is 8.76. The maximum atomic E-state index is 13.6. The second-order valence-electron chi connectivity index (χ2n) is 6.97. The summed E-state index contributed by atoms with van der Waals surface area (Å²) in [5.74, 6) is -0.281. The zero-order valence-corrected chi connectivity index (χ0v) is 17.7. The van der Waals surface area contributed by atoms with Gasteiger partial charge in [-0.25, -0.2) is 4.39 Å². The number of halogens is 1. The first kappa shape index (κ1) is 19.6. The number of benzene rings is 2. The lowest BCUT2D eigenvalue weighted by Crippen LogP contribution is -2.35. The standard InChI is InChI=1S/C23H22FN3S2/c1-16-20(21-9-2-3-10-22(21)25-16)11-12-27(15-19-8-5-13-29-19)23(28)26-18-7-4-6-17(24)14-18/h2-10,13-14,25H,11-12,15H2,1H3,(H,26,28). The zero-order chi connectivity index (χ0) is 20.2. The summed E-state index contributed by atoms with van der Waals surface area (Å²) in [4.78, 5) is 6.85. The second-order valence-corrected chi connectivity index (χ2v) is 8.38. The number of thiophene rings is 1. The van der Waals surface area contributed by atoms with Crippen molar-refractivity contribution in [2.45, 2.75) is 19.9 Å². The fourth-order valence-corrected chi connectivity index (χ4v) is 4.51. The smallest absolute Gasteiger partial charge is 0.173 e. The molecule has 2 N–H and O–H groups in total. The lowest BCUT2D eigenvalue weighted by atomic mass is 10.1. The van der Waals surface area contributed by atoms with E-state index in [9.17, 15) is 4.39 Å². The first-order valence-electron chi connectivity index (χ1n) is 9.50. The van der Waals surface area contributed by atoms with E-state index >= 15 is 0 Å². The number of para-hydroxylation sites is 1. The quantitative estimate of drug-likeness (QED) is 0.366. The van der Waals surface area contributed by atoms with Crippen LogP contribution >= 0.6 is 23.6 Å². The zero-order valence-electron chi connectivity index (χ0n) is 16.1. The van der Waals surface area contributed by atoms with Crippen LogP contribution in [0, 0.1) is 12.7 Å². The van der Waals surface area contributed by atoms with Crippen molar-refractivity contribution < 1.29 is 4.39 Å². The van der Waals surface area contributed by atoms with Crippen LogP contribution < -0.4 is 5.32 Å². The molecule has 2 heterocycles. The third kappa shape index (κ3) is 4.66. The van der Waals surface area contributed by atoms with Crippen LogP contribution in [0.3, 0.4) is 0 Å². The Labute approximate surface area is 179 Å². The number of aromatic nitrogens is 1. The fraction of sp³-hybridized carbons (Fsp3) is 0.174. The number of nitrogens with zero attached hydrogens (tertiary/aromatic N) is 1. The Bertz CT molecular complexity index is 1120. The summed E-state index contributed by atoms with van der Waals surface area (Å²) in [6, 6.07) is 18.9. The Balaban J connectivity index is 1.53. The molecule has 148 valence electrons. The van der Waals surface area contributed by atoms with Crippen molar-refractivity contribution in [3.05, 3.63) is 88.0 Å². The van der Waals surface area contributed by atoms with E-state index in [2.05, 4.69) is 51.8 Å². The summed E-state index contributed by atoms with van der Waals surface area (Å²) in [5.41, 5.74) is 4.32. The molecule has 0 aliphatic carbocycles. The minimum absolute atomic E-state index is 0.281. The van der Waals surface area contributed by atoms with Crippen LogP contribution in [0.2, 0.25) is 0 Å². The van der Waals surface area contributed by atoms with Crippen LogP contribution in [0.25, 0.3) is 10.9 Å². The van der Waals surface area contributed by atoms with Gasteiger partial charge in [-0.05, 0) is 66.8 Å². The van der Waals surface area contributed by atoms with Gasteiger partial charge in [0.05, 0.1) is 6.54 Å². The first-order valence-corrected chi connectivity index (χ1v) is 10.8. The summed E-state index contributed by atoms with van der Waals surface area (Å²) in [5, 5.41) is 7.11. The Morgan fingerprint density at radius 1 is 1.14 bits per heavy atom. The van der Waals surface area contributed by atoms with Gasteiger partial charge in [0.25, 0.3) is 0 Å². The molecule has 0 saturated carbocycles. The predicted molar refractivity (Wildman–Crippen MR) is 124 cm³/mol. The van der Waals surface area contributed by atoms with Crippen molar-refractivity contribution in [3.63, 3.8) is 0 Å². The maximum Gasteiger partial charge on any atom is 0.173 e. The molecule has 0 fully saturated rings. The Hall–Kier alpha value is -2.70. The normalized spacial score (nSPS) is 11.0. The third-order valence-corrected chi connectivity index (χ3v) is 6.17. The first-order chi connectivity index (χ1) is 14.1. The van der Waals surface area contributed by atoms with E-state index in [1.165, 1.54) is 33.7 Å². The average molecular weight is 424 g/mol. The number of anilines is 1. The van der Waals surface area contributed by atoms with E-state index in [1.54, 1.807) is 17.4 Å². The largest absolute Gasteiger partial charge is 0.358 e. The van der Waals surface area contributed by atoms with Crippen LogP contribution in [-0.2, 0) is 13.0 Å². The van der Waals surface area contributed by atoms with Crippen LogP contribution in [0.1, 0.15) is 16.1 Å². The molecule has 3 nitrogen and oxygen atoms in total. The minimum atomic E-state index is -0.281. The SMILES string of the molecule is Cc1[nH]c2ccccc2c1CCN(Cc1cccs1)C(=S)Nc1cccc(F)c1. The number of fused-ring (bicyclic) bond motifs is 1. The van der Waals surface area contributed by atoms with Crippen molar-refractivity contribution in [3.8, 4) is 0 Å². The van der Waals surface area contributed by atoms with Gasteiger partial charge in [-0.15, -0.1) is 11.3 Å². The maximum absolute atomic E-state index is 13.6. The molecular formula is C23H22FN3S2. The van der Waals surface area contributed by atoms with Crippen molar-refractivity contribution in [2.24, 2.45) is 0 Å². The topological polar surface area (TPSA) is 31.1 Å². The number of nitrogens with one attached hydrogen (secondary N) is 2. The third-order valence-electron chi connectivity index (χ3n) is 4.95. The molecule has 0 saturated heterocycles. The molecule has 0 aliphatic heterocycles. The van der Waals surface area contributed by atoms with Gasteiger partial charge < -0.3 is 15.2 Å².